The van der Waals surface area contributed by atoms with E-state index in [9.17, 15) is 0 Å². The highest BCUT2D eigenvalue weighted by molar-refractivity contribution is 6.15. The van der Waals surface area contributed by atoms with Crippen molar-refractivity contribution in [1.82, 2.24) is 4.57 Å². The summed E-state index contributed by atoms with van der Waals surface area (Å²) in [4.78, 5) is 4.78. The van der Waals surface area contributed by atoms with Crippen LogP contribution >= 0.6 is 0 Å². The van der Waals surface area contributed by atoms with E-state index < -0.39 is 0 Å². The average Bonchev–Trinajstić information content (AvgIpc) is 3.58. The van der Waals surface area contributed by atoms with Crippen molar-refractivity contribution < 1.29 is 0 Å². The van der Waals surface area contributed by atoms with E-state index in [4.69, 9.17) is 0 Å². The van der Waals surface area contributed by atoms with Gasteiger partial charge >= 0.3 is 0 Å². The molecule has 0 aliphatic carbocycles. The highest BCUT2D eigenvalue weighted by Crippen LogP contribution is 2.44. The molecule has 0 fully saturated rings. The van der Waals surface area contributed by atoms with Crippen LogP contribution in [-0.2, 0) is 10.8 Å². The molecule has 0 atom stereocenters. The lowest BCUT2D eigenvalue weighted by Gasteiger charge is -2.27. The molecule has 0 saturated heterocycles. The molecular weight excluding hydrogens is 763 g/mol. The molecule has 1 aromatic heterocycles. The van der Waals surface area contributed by atoms with E-state index in [1.54, 1.807) is 0 Å². The normalized spacial score (nSPS) is 12.1. The molecule has 10 aromatic rings. The summed E-state index contributed by atoms with van der Waals surface area (Å²) in [6.07, 6.45) is 0. The zero-order chi connectivity index (χ0) is 43.6. The lowest BCUT2D eigenvalue weighted by atomic mass is 9.87. The van der Waals surface area contributed by atoms with Crippen LogP contribution in [0.4, 0.5) is 34.1 Å². The number of benzene rings is 9. The highest BCUT2D eigenvalue weighted by atomic mass is 15.1. The van der Waals surface area contributed by atoms with E-state index in [1.165, 1.54) is 60.1 Å². The Morgan fingerprint density at radius 1 is 0.333 bits per heavy atom. The number of rotatable bonds is 7. The Hall–Kier alpha value is -7.10. The molecule has 0 N–H and O–H groups in total. The van der Waals surface area contributed by atoms with Crippen molar-refractivity contribution in [2.24, 2.45) is 0 Å². The van der Waals surface area contributed by atoms with E-state index in [0.29, 0.717) is 0 Å². The summed E-state index contributed by atoms with van der Waals surface area (Å²) in [5.74, 6) is 0. The van der Waals surface area contributed by atoms with Gasteiger partial charge in [0.05, 0.1) is 16.7 Å². The van der Waals surface area contributed by atoms with Crippen LogP contribution in [0.3, 0.4) is 0 Å². The molecule has 0 bridgehead atoms. The number of aromatic nitrogens is 1. The fourth-order valence-electron chi connectivity index (χ4n) is 9.18. The maximum atomic E-state index is 2.50. The second-order valence-corrected chi connectivity index (χ2v) is 19.4. The molecule has 9 aromatic carbocycles. The van der Waals surface area contributed by atoms with Crippen LogP contribution in [0.2, 0.25) is 0 Å². The molecule has 0 unspecified atom stereocenters. The molecule has 0 saturated carbocycles. The average molecular weight is 818 g/mol. The Morgan fingerprint density at radius 3 is 1.35 bits per heavy atom. The smallest absolute Gasteiger partial charge is 0.0562 e. The van der Waals surface area contributed by atoms with Gasteiger partial charge in [-0.3, -0.25) is 0 Å². The summed E-state index contributed by atoms with van der Waals surface area (Å²) in [5.41, 5.74) is 15.5. The summed E-state index contributed by atoms with van der Waals surface area (Å²) in [5, 5.41) is 7.29. The fraction of sp³-hybridized carbons (Fsp3) is 0.167. The minimum atomic E-state index is 0.0620. The third-order valence-electron chi connectivity index (χ3n) is 12.8. The van der Waals surface area contributed by atoms with Crippen LogP contribution in [0, 0.1) is 13.8 Å². The lowest BCUT2D eigenvalue weighted by molar-refractivity contribution is 0.590. The molecule has 0 aliphatic rings. The molecule has 0 spiro atoms. The summed E-state index contributed by atoms with van der Waals surface area (Å²) in [6.45, 7) is 17.9. The van der Waals surface area contributed by atoms with Gasteiger partial charge in [-0.1, -0.05) is 150 Å². The van der Waals surface area contributed by atoms with Crippen LogP contribution in [-0.4, -0.2) is 4.57 Å². The van der Waals surface area contributed by atoms with Gasteiger partial charge in [0.15, 0.2) is 0 Å². The third-order valence-corrected chi connectivity index (χ3v) is 12.8. The Kier molecular flexibility index (Phi) is 9.75. The number of fused-ring (bicyclic) bond motifs is 5. The van der Waals surface area contributed by atoms with Gasteiger partial charge in [0.25, 0.3) is 0 Å². The maximum absolute atomic E-state index is 2.50. The fourth-order valence-corrected chi connectivity index (χ4v) is 9.18. The van der Waals surface area contributed by atoms with E-state index in [0.717, 1.165) is 45.3 Å². The van der Waals surface area contributed by atoms with Gasteiger partial charge in [0.1, 0.15) is 0 Å². The van der Waals surface area contributed by atoms with E-state index in [-0.39, 0.29) is 10.8 Å². The third kappa shape index (κ3) is 7.42. The lowest BCUT2D eigenvalue weighted by Crippen LogP contribution is -2.13. The zero-order valence-electron chi connectivity index (χ0n) is 37.7. The van der Waals surface area contributed by atoms with Gasteiger partial charge in [-0.05, 0) is 143 Å². The van der Waals surface area contributed by atoms with Crippen molar-refractivity contribution in [3.05, 3.63) is 210 Å². The molecule has 0 amide bonds. The maximum Gasteiger partial charge on any atom is 0.0562 e. The number of anilines is 6. The van der Waals surface area contributed by atoms with Crippen molar-refractivity contribution in [1.29, 1.82) is 0 Å². The Labute approximate surface area is 372 Å². The first-order valence-corrected chi connectivity index (χ1v) is 22.3. The highest BCUT2D eigenvalue weighted by Gasteiger charge is 2.22. The monoisotopic (exact) mass is 817 g/mol. The molecule has 3 nitrogen and oxygen atoms in total. The topological polar surface area (TPSA) is 11.4 Å². The Balaban J connectivity index is 1.20. The van der Waals surface area contributed by atoms with Crippen LogP contribution in [0.25, 0.3) is 49.0 Å². The van der Waals surface area contributed by atoms with Crippen LogP contribution < -0.4 is 9.80 Å². The van der Waals surface area contributed by atoms with Crippen molar-refractivity contribution >= 4 is 77.5 Å². The quantitative estimate of drug-likeness (QED) is 0.159. The molecule has 10 rings (SSSR count). The van der Waals surface area contributed by atoms with Crippen LogP contribution in [0.1, 0.15) is 63.8 Å². The predicted molar refractivity (Wildman–Crippen MR) is 272 cm³/mol. The molecule has 0 aliphatic heterocycles. The van der Waals surface area contributed by atoms with Crippen molar-refractivity contribution in [2.45, 2.75) is 66.2 Å². The first-order chi connectivity index (χ1) is 30.3. The second kappa shape index (κ2) is 15.4. The van der Waals surface area contributed by atoms with Crippen LogP contribution in [0.5, 0.6) is 0 Å². The molecule has 63 heavy (non-hydrogen) atoms. The first-order valence-electron chi connectivity index (χ1n) is 22.3. The van der Waals surface area contributed by atoms with E-state index in [1.807, 2.05) is 0 Å². The van der Waals surface area contributed by atoms with Crippen molar-refractivity contribution in [3.8, 4) is 5.69 Å². The predicted octanol–water partition coefficient (Wildman–Crippen LogP) is 17.2. The van der Waals surface area contributed by atoms with E-state index in [2.05, 4.69) is 258 Å². The summed E-state index contributed by atoms with van der Waals surface area (Å²) in [6, 6.07) is 70.2. The SMILES string of the molecule is Cc1ccc(N(c2ccc(C(C)(C)C)cc2)c2ccc3cc4c5ccc(N(c6ccc(C)cc6)c6ccc(C(C)(C)C)cc6)cc5n(-c5cccc6ccccc56)c4cc3c2)cc1. The summed E-state index contributed by atoms with van der Waals surface area (Å²) >= 11 is 0. The molecule has 310 valence electrons. The number of hydrogen-bond donors (Lipinski definition) is 0. The second-order valence-electron chi connectivity index (χ2n) is 19.4. The molecular formula is C60H55N3. The van der Waals surface area contributed by atoms with Gasteiger partial charge in [-0.15, -0.1) is 0 Å². The largest absolute Gasteiger partial charge is 0.310 e. The van der Waals surface area contributed by atoms with Gasteiger partial charge < -0.3 is 14.4 Å². The standard InChI is InChI=1S/C60H55N3/c1-40-16-25-47(26-17-40)61(49-30-21-45(22-31-49)59(3,4)5)51-29-20-43-37-55-54-35-34-52(62(48-27-18-41(2)19-28-48)50-32-23-46(24-33-50)60(6,7)8)39-58(54)63(57(55)38-44(43)36-51)56-15-11-13-42-12-9-10-14-53(42)56/h9-39H,1-8H3. The van der Waals surface area contributed by atoms with Gasteiger partial charge in [0.2, 0.25) is 0 Å². The zero-order valence-corrected chi connectivity index (χ0v) is 37.7. The van der Waals surface area contributed by atoms with Crippen LogP contribution in [0.15, 0.2) is 188 Å². The minimum absolute atomic E-state index is 0.0620. The first kappa shape index (κ1) is 40.0. The molecule has 1 heterocycles. The Morgan fingerprint density at radius 2 is 0.794 bits per heavy atom. The number of aryl methyl sites for hydroxylation is 2. The Bertz CT molecular complexity index is 3280. The molecule has 3 heteroatoms. The van der Waals surface area contributed by atoms with E-state index >= 15 is 0 Å². The van der Waals surface area contributed by atoms with Gasteiger partial charge in [-0.2, -0.15) is 0 Å². The summed E-state index contributed by atoms with van der Waals surface area (Å²) < 4.78 is 2.50. The minimum Gasteiger partial charge on any atom is -0.310 e. The van der Waals surface area contributed by atoms with Crippen molar-refractivity contribution in [3.63, 3.8) is 0 Å². The number of hydrogen-bond acceptors (Lipinski definition) is 2. The number of nitrogens with zero attached hydrogens (tertiary/aromatic N) is 3. The van der Waals surface area contributed by atoms with Crippen molar-refractivity contribution in [2.75, 3.05) is 9.80 Å². The summed E-state index contributed by atoms with van der Waals surface area (Å²) in [7, 11) is 0. The van der Waals surface area contributed by atoms with Gasteiger partial charge in [0, 0.05) is 50.3 Å². The van der Waals surface area contributed by atoms with Gasteiger partial charge in [-0.25, -0.2) is 0 Å². The molecule has 0 radical (unpaired) electrons.